The Morgan fingerprint density at radius 2 is 1.79 bits per heavy atom. The molecule has 0 aromatic heterocycles. The SMILES string of the molecule is O=C(NC1CCN(c2ccc(F)cc2)C1=O)c1cc(F)ccc1Cl. The first-order chi connectivity index (χ1) is 11.5. The first-order valence-electron chi connectivity index (χ1n) is 7.28. The lowest BCUT2D eigenvalue weighted by Crippen LogP contribution is -2.41. The molecule has 1 saturated heterocycles. The van der Waals surface area contributed by atoms with Crippen molar-refractivity contribution in [1.29, 1.82) is 0 Å². The zero-order chi connectivity index (χ0) is 17.3. The van der Waals surface area contributed by atoms with E-state index < -0.39 is 23.6 Å². The Morgan fingerprint density at radius 1 is 1.12 bits per heavy atom. The Bertz CT molecular complexity index is 796. The van der Waals surface area contributed by atoms with Crippen LogP contribution in [0.1, 0.15) is 16.8 Å². The van der Waals surface area contributed by atoms with Gasteiger partial charge < -0.3 is 10.2 Å². The Kier molecular flexibility index (Phi) is 4.49. The normalized spacial score (nSPS) is 17.2. The van der Waals surface area contributed by atoms with E-state index in [-0.39, 0.29) is 16.5 Å². The molecular weight excluding hydrogens is 338 g/mol. The Labute approximate surface area is 142 Å². The number of benzene rings is 2. The fraction of sp³-hybridized carbons (Fsp3) is 0.176. The van der Waals surface area contributed by atoms with E-state index in [0.717, 1.165) is 12.1 Å². The van der Waals surface area contributed by atoms with Gasteiger partial charge in [-0.3, -0.25) is 9.59 Å². The number of amides is 2. The molecule has 4 nitrogen and oxygen atoms in total. The molecule has 1 aliphatic rings. The van der Waals surface area contributed by atoms with Crippen LogP contribution in [0.5, 0.6) is 0 Å². The Balaban J connectivity index is 1.72. The molecule has 7 heteroatoms. The maximum Gasteiger partial charge on any atom is 0.253 e. The fourth-order valence-electron chi connectivity index (χ4n) is 2.60. The van der Waals surface area contributed by atoms with E-state index in [1.54, 1.807) is 0 Å². The highest BCUT2D eigenvalue weighted by atomic mass is 35.5. The Morgan fingerprint density at radius 3 is 2.50 bits per heavy atom. The standard InChI is InChI=1S/C17H13ClF2N2O2/c18-14-6-3-11(20)9-13(14)16(23)21-15-7-8-22(17(15)24)12-4-1-10(19)2-5-12/h1-6,9,15H,7-8H2,(H,21,23). The monoisotopic (exact) mass is 350 g/mol. The minimum atomic E-state index is -0.734. The maximum atomic E-state index is 13.3. The maximum absolute atomic E-state index is 13.3. The quantitative estimate of drug-likeness (QED) is 0.924. The van der Waals surface area contributed by atoms with Gasteiger partial charge in [-0.15, -0.1) is 0 Å². The zero-order valence-electron chi connectivity index (χ0n) is 12.4. The lowest BCUT2D eigenvalue weighted by atomic mass is 10.1. The van der Waals surface area contributed by atoms with Crippen LogP contribution in [0.25, 0.3) is 0 Å². The average Bonchev–Trinajstić information content (AvgIpc) is 2.91. The molecule has 1 heterocycles. The van der Waals surface area contributed by atoms with Crippen molar-refractivity contribution in [3.05, 3.63) is 64.7 Å². The third kappa shape index (κ3) is 3.23. The van der Waals surface area contributed by atoms with E-state index in [4.69, 9.17) is 11.6 Å². The van der Waals surface area contributed by atoms with Crippen molar-refractivity contribution in [2.75, 3.05) is 11.4 Å². The third-order valence-electron chi connectivity index (χ3n) is 3.82. The number of hydrogen-bond donors (Lipinski definition) is 1. The van der Waals surface area contributed by atoms with Crippen LogP contribution < -0.4 is 10.2 Å². The van der Waals surface area contributed by atoms with Gasteiger partial charge in [0.15, 0.2) is 0 Å². The van der Waals surface area contributed by atoms with Crippen molar-refractivity contribution < 1.29 is 18.4 Å². The van der Waals surface area contributed by atoms with Crippen molar-refractivity contribution in [3.8, 4) is 0 Å². The van der Waals surface area contributed by atoms with E-state index in [0.29, 0.717) is 18.7 Å². The molecule has 1 atom stereocenters. The van der Waals surface area contributed by atoms with Crippen LogP contribution in [0, 0.1) is 11.6 Å². The van der Waals surface area contributed by atoms with E-state index in [2.05, 4.69) is 5.32 Å². The van der Waals surface area contributed by atoms with Crippen molar-refractivity contribution in [3.63, 3.8) is 0 Å². The highest BCUT2D eigenvalue weighted by Crippen LogP contribution is 2.23. The van der Waals surface area contributed by atoms with Crippen LogP contribution in [0.4, 0.5) is 14.5 Å². The zero-order valence-corrected chi connectivity index (χ0v) is 13.2. The molecule has 1 unspecified atom stereocenters. The summed E-state index contributed by atoms with van der Waals surface area (Å²) >= 11 is 5.89. The van der Waals surface area contributed by atoms with Gasteiger partial charge in [0, 0.05) is 12.2 Å². The molecule has 0 bridgehead atoms. The van der Waals surface area contributed by atoms with E-state index in [9.17, 15) is 18.4 Å². The summed E-state index contributed by atoms with van der Waals surface area (Å²) in [6.07, 6.45) is 0.398. The van der Waals surface area contributed by atoms with Crippen molar-refractivity contribution in [2.24, 2.45) is 0 Å². The molecule has 1 aliphatic heterocycles. The number of hydrogen-bond acceptors (Lipinski definition) is 2. The number of nitrogens with one attached hydrogen (secondary N) is 1. The van der Waals surface area contributed by atoms with Gasteiger partial charge in [-0.25, -0.2) is 8.78 Å². The largest absolute Gasteiger partial charge is 0.340 e. The van der Waals surface area contributed by atoms with Crippen LogP contribution in [-0.2, 0) is 4.79 Å². The summed E-state index contributed by atoms with van der Waals surface area (Å²) in [4.78, 5) is 26.1. The van der Waals surface area contributed by atoms with E-state index >= 15 is 0 Å². The number of carbonyl (C=O) groups is 2. The predicted octanol–water partition coefficient (Wildman–Crippen LogP) is 3.15. The topological polar surface area (TPSA) is 49.4 Å². The second kappa shape index (κ2) is 6.57. The number of rotatable bonds is 3. The molecule has 2 aromatic carbocycles. The first kappa shape index (κ1) is 16.4. The molecule has 0 radical (unpaired) electrons. The molecule has 2 amide bonds. The van der Waals surface area contributed by atoms with Gasteiger partial charge in [-0.2, -0.15) is 0 Å². The van der Waals surface area contributed by atoms with Gasteiger partial charge in [0.2, 0.25) is 5.91 Å². The van der Waals surface area contributed by atoms with Gasteiger partial charge in [0.05, 0.1) is 10.6 Å². The smallest absolute Gasteiger partial charge is 0.253 e. The molecule has 1 N–H and O–H groups in total. The highest BCUT2D eigenvalue weighted by Gasteiger charge is 2.34. The highest BCUT2D eigenvalue weighted by molar-refractivity contribution is 6.33. The molecule has 0 spiro atoms. The number of halogens is 3. The van der Waals surface area contributed by atoms with Crippen LogP contribution in [0.3, 0.4) is 0 Å². The van der Waals surface area contributed by atoms with Crippen LogP contribution in [0.2, 0.25) is 5.02 Å². The van der Waals surface area contributed by atoms with Crippen molar-refractivity contribution >= 4 is 29.1 Å². The van der Waals surface area contributed by atoms with Crippen LogP contribution in [-0.4, -0.2) is 24.4 Å². The number of carbonyl (C=O) groups excluding carboxylic acids is 2. The molecule has 1 fully saturated rings. The predicted molar refractivity (Wildman–Crippen MR) is 86.0 cm³/mol. The van der Waals surface area contributed by atoms with Crippen molar-refractivity contribution in [2.45, 2.75) is 12.5 Å². The summed E-state index contributed by atoms with van der Waals surface area (Å²) in [5.74, 6) is -1.90. The van der Waals surface area contributed by atoms with Gasteiger partial charge >= 0.3 is 0 Å². The molecule has 2 aromatic rings. The summed E-state index contributed by atoms with van der Waals surface area (Å²) in [5.41, 5.74) is 0.534. The second-order valence-electron chi connectivity index (χ2n) is 5.41. The van der Waals surface area contributed by atoms with Gasteiger partial charge in [0.25, 0.3) is 5.91 Å². The van der Waals surface area contributed by atoms with Gasteiger partial charge in [0.1, 0.15) is 17.7 Å². The third-order valence-corrected chi connectivity index (χ3v) is 4.15. The number of nitrogens with zero attached hydrogens (tertiary/aromatic N) is 1. The first-order valence-corrected chi connectivity index (χ1v) is 7.66. The molecule has 24 heavy (non-hydrogen) atoms. The summed E-state index contributed by atoms with van der Waals surface area (Å²) in [5, 5.41) is 2.68. The molecule has 0 aliphatic carbocycles. The minimum Gasteiger partial charge on any atom is -0.340 e. The summed E-state index contributed by atoms with van der Waals surface area (Å²) in [6.45, 7) is 0.395. The van der Waals surface area contributed by atoms with Crippen molar-refractivity contribution in [1.82, 2.24) is 5.32 Å². The summed E-state index contributed by atoms with van der Waals surface area (Å²) in [7, 11) is 0. The molecule has 3 rings (SSSR count). The Hall–Kier alpha value is -2.47. The molecular formula is C17H13ClF2N2O2. The fourth-order valence-corrected chi connectivity index (χ4v) is 2.80. The minimum absolute atomic E-state index is 0.0234. The van der Waals surface area contributed by atoms with E-state index in [1.807, 2.05) is 0 Å². The average molecular weight is 351 g/mol. The van der Waals surface area contributed by atoms with Gasteiger partial charge in [-0.05, 0) is 48.9 Å². The number of anilines is 1. The van der Waals surface area contributed by atoms with Gasteiger partial charge in [-0.1, -0.05) is 11.6 Å². The van der Waals surface area contributed by atoms with Crippen LogP contribution in [0.15, 0.2) is 42.5 Å². The van der Waals surface area contributed by atoms with Crippen LogP contribution >= 0.6 is 11.6 Å². The van der Waals surface area contributed by atoms with E-state index in [1.165, 1.54) is 35.2 Å². The summed E-state index contributed by atoms with van der Waals surface area (Å²) < 4.78 is 26.2. The lowest BCUT2D eigenvalue weighted by molar-refractivity contribution is -0.118. The lowest BCUT2D eigenvalue weighted by Gasteiger charge is -2.17. The molecule has 0 saturated carbocycles. The second-order valence-corrected chi connectivity index (χ2v) is 5.81. The summed E-state index contributed by atoms with van der Waals surface area (Å²) in [6, 6.07) is 8.25. The molecule has 124 valence electrons.